The van der Waals surface area contributed by atoms with Crippen molar-refractivity contribution in [3.05, 3.63) is 132 Å². The van der Waals surface area contributed by atoms with Crippen molar-refractivity contribution >= 4 is 57.9 Å². The molecule has 2 N–H and O–H groups in total. The van der Waals surface area contributed by atoms with Gasteiger partial charge in [0.05, 0.1) is 11.4 Å². The summed E-state index contributed by atoms with van der Waals surface area (Å²) < 4.78 is 0. The molecule has 0 aliphatic carbocycles. The Morgan fingerprint density at radius 2 is 0.690 bits per heavy atom. The van der Waals surface area contributed by atoms with Crippen LogP contribution in [-0.4, -0.2) is 40.6 Å². The summed E-state index contributed by atoms with van der Waals surface area (Å²) in [6.07, 6.45) is 3.78. The monoisotopic (exact) mass is 552 g/mol. The third kappa shape index (κ3) is 7.86. The molecule has 210 valence electrons. The van der Waals surface area contributed by atoms with Gasteiger partial charge in [0, 0.05) is 74.7 Å². The van der Waals surface area contributed by atoms with E-state index in [4.69, 9.17) is 0 Å². The van der Waals surface area contributed by atoms with Crippen LogP contribution in [0.3, 0.4) is 0 Å². The number of nitrogens with zero attached hydrogens (tertiary/aromatic N) is 4. The molecule has 0 fully saturated rings. The van der Waals surface area contributed by atoms with E-state index in [2.05, 4.69) is 103 Å². The van der Waals surface area contributed by atoms with E-state index in [1.165, 1.54) is 11.4 Å². The molecule has 5 aromatic rings. The number of aliphatic imine (C=N–C) groups is 2. The summed E-state index contributed by atoms with van der Waals surface area (Å²) in [4.78, 5) is 13.4. The minimum atomic E-state index is 0.909. The highest BCUT2D eigenvalue weighted by atomic mass is 15.1. The van der Waals surface area contributed by atoms with Gasteiger partial charge in [-0.1, -0.05) is 24.3 Å². The Kier molecular flexibility index (Phi) is 8.94. The van der Waals surface area contributed by atoms with Crippen LogP contribution in [0.2, 0.25) is 0 Å². The Morgan fingerprint density at radius 3 is 0.976 bits per heavy atom. The molecule has 0 aliphatic rings. The van der Waals surface area contributed by atoms with Crippen LogP contribution in [0.1, 0.15) is 11.1 Å². The lowest BCUT2D eigenvalue weighted by atomic mass is 10.2. The molecule has 0 saturated carbocycles. The van der Waals surface area contributed by atoms with Gasteiger partial charge in [-0.05, 0) is 108 Å². The Balaban J connectivity index is 1.12. The molecule has 0 aromatic heterocycles. The topological polar surface area (TPSA) is 55.3 Å². The molecule has 6 nitrogen and oxygen atoms in total. The number of benzene rings is 5. The second kappa shape index (κ2) is 13.3. The standard InChI is InChI=1S/C36H36N6/c1-41(2)35-21-5-27(6-22-35)25-37-29-9-13-31(14-10-29)39-33-17-19-34(20-18-33)40-32-15-11-30(12-16-32)38-26-28-7-23-36(24-8-28)42(3)4/h5-26,39-40H,1-4H3. The maximum atomic E-state index is 4.60. The first-order chi connectivity index (χ1) is 20.4. The summed E-state index contributed by atoms with van der Waals surface area (Å²) in [6, 6.07) is 41.1. The van der Waals surface area contributed by atoms with Gasteiger partial charge in [-0.3, -0.25) is 9.98 Å². The molecule has 5 rings (SSSR count). The lowest BCUT2D eigenvalue weighted by Gasteiger charge is -2.11. The first kappa shape index (κ1) is 28.2. The first-order valence-electron chi connectivity index (χ1n) is 13.9. The van der Waals surface area contributed by atoms with Crippen LogP contribution in [0.5, 0.6) is 0 Å². The van der Waals surface area contributed by atoms with Crippen LogP contribution < -0.4 is 20.4 Å². The minimum Gasteiger partial charge on any atom is -0.378 e. The van der Waals surface area contributed by atoms with Gasteiger partial charge in [0.1, 0.15) is 0 Å². The summed E-state index contributed by atoms with van der Waals surface area (Å²) in [7, 11) is 8.14. The number of rotatable bonds is 10. The molecular formula is C36H36N6. The zero-order valence-electron chi connectivity index (χ0n) is 24.5. The summed E-state index contributed by atoms with van der Waals surface area (Å²) in [6.45, 7) is 0. The van der Waals surface area contributed by atoms with Gasteiger partial charge in [-0.2, -0.15) is 0 Å². The smallest absolute Gasteiger partial charge is 0.0631 e. The highest BCUT2D eigenvalue weighted by Crippen LogP contribution is 2.25. The summed E-state index contributed by atoms with van der Waals surface area (Å²) >= 11 is 0. The van der Waals surface area contributed by atoms with E-state index in [1.54, 1.807) is 0 Å². The van der Waals surface area contributed by atoms with Crippen molar-refractivity contribution in [2.24, 2.45) is 9.98 Å². The number of nitrogens with one attached hydrogen (secondary N) is 2. The molecule has 0 heterocycles. The fourth-order valence-electron chi connectivity index (χ4n) is 4.25. The SMILES string of the molecule is CN(C)c1ccc(C=Nc2ccc(Nc3ccc(Nc4ccc(N=Cc5ccc(N(C)C)cc5)cc4)cc3)cc2)cc1. The maximum absolute atomic E-state index is 4.60. The quantitative estimate of drug-likeness (QED) is 0.170. The van der Waals surface area contributed by atoms with Gasteiger partial charge in [-0.25, -0.2) is 0 Å². The van der Waals surface area contributed by atoms with Crippen molar-refractivity contribution in [2.45, 2.75) is 0 Å². The largest absolute Gasteiger partial charge is 0.378 e. The number of anilines is 6. The van der Waals surface area contributed by atoms with Crippen LogP contribution >= 0.6 is 0 Å². The van der Waals surface area contributed by atoms with Crippen molar-refractivity contribution in [3.63, 3.8) is 0 Å². The molecular weight excluding hydrogens is 516 g/mol. The van der Waals surface area contributed by atoms with Crippen LogP contribution in [0.4, 0.5) is 45.5 Å². The fraction of sp³-hybridized carbons (Fsp3) is 0.111. The first-order valence-corrected chi connectivity index (χ1v) is 13.9. The lowest BCUT2D eigenvalue weighted by molar-refractivity contribution is 1.13. The second-order valence-corrected chi connectivity index (χ2v) is 10.4. The molecule has 0 unspecified atom stereocenters. The van der Waals surface area contributed by atoms with E-state index in [1.807, 2.05) is 89.2 Å². The molecule has 0 saturated heterocycles. The molecule has 0 spiro atoms. The molecule has 0 atom stereocenters. The van der Waals surface area contributed by atoms with E-state index in [9.17, 15) is 0 Å². The van der Waals surface area contributed by atoms with E-state index in [-0.39, 0.29) is 0 Å². The third-order valence-corrected chi connectivity index (χ3v) is 6.74. The van der Waals surface area contributed by atoms with Crippen molar-refractivity contribution in [2.75, 3.05) is 48.6 Å². The van der Waals surface area contributed by atoms with Crippen molar-refractivity contribution in [1.29, 1.82) is 0 Å². The van der Waals surface area contributed by atoms with Crippen molar-refractivity contribution in [1.82, 2.24) is 0 Å². The molecule has 42 heavy (non-hydrogen) atoms. The van der Waals surface area contributed by atoms with Gasteiger partial charge in [0.15, 0.2) is 0 Å². The number of hydrogen-bond donors (Lipinski definition) is 2. The Labute approximate surface area is 248 Å². The van der Waals surface area contributed by atoms with E-state index in [0.717, 1.165) is 45.3 Å². The van der Waals surface area contributed by atoms with Gasteiger partial charge < -0.3 is 20.4 Å². The van der Waals surface area contributed by atoms with Gasteiger partial charge in [0.2, 0.25) is 0 Å². The zero-order valence-corrected chi connectivity index (χ0v) is 24.5. The predicted molar refractivity (Wildman–Crippen MR) is 182 cm³/mol. The molecule has 6 heteroatoms. The number of hydrogen-bond acceptors (Lipinski definition) is 6. The molecule has 0 bridgehead atoms. The van der Waals surface area contributed by atoms with Crippen LogP contribution in [0.15, 0.2) is 131 Å². The normalized spacial score (nSPS) is 11.1. The van der Waals surface area contributed by atoms with Gasteiger partial charge >= 0.3 is 0 Å². The summed E-state index contributed by atoms with van der Waals surface area (Å²) in [5.74, 6) is 0. The molecule has 0 aliphatic heterocycles. The zero-order chi connectivity index (χ0) is 29.3. The maximum Gasteiger partial charge on any atom is 0.0631 e. The Morgan fingerprint density at radius 1 is 0.405 bits per heavy atom. The van der Waals surface area contributed by atoms with Crippen LogP contribution in [-0.2, 0) is 0 Å². The summed E-state index contributed by atoms with van der Waals surface area (Å²) in [5.41, 5.74) is 10.4. The third-order valence-electron chi connectivity index (χ3n) is 6.74. The Bertz CT molecular complexity index is 1490. The second-order valence-electron chi connectivity index (χ2n) is 10.4. The van der Waals surface area contributed by atoms with Gasteiger partial charge in [0.25, 0.3) is 0 Å². The highest BCUT2D eigenvalue weighted by Gasteiger charge is 2.00. The van der Waals surface area contributed by atoms with Crippen LogP contribution in [0.25, 0.3) is 0 Å². The molecule has 5 aromatic carbocycles. The van der Waals surface area contributed by atoms with E-state index in [0.29, 0.717) is 0 Å². The van der Waals surface area contributed by atoms with Crippen molar-refractivity contribution in [3.8, 4) is 0 Å². The lowest BCUT2D eigenvalue weighted by Crippen LogP contribution is -2.08. The van der Waals surface area contributed by atoms with Crippen LogP contribution in [0, 0.1) is 0 Å². The van der Waals surface area contributed by atoms with E-state index >= 15 is 0 Å². The van der Waals surface area contributed by atoms with Crippen molar-refractivity contribution < 1.29 is 0 Å². The average molecular weight is 553 g/mol. The molecule has 0 amide bonds. The predicted octanol–water partition coefficient (Wildman–Crippen LogP) is 8.81. The highest BCUT2D eigenvalue weighted by molar-refractivity contribution is 5.83. The Hall–Kier alpha value is -5.36. The molecule has 0 radical (unpaired) electrons. The average Bonchev–Trinajstić information content (AvgIpc) is 3.02. The minimum absolute atomic E-state index is 0.909. The summed E-state index contributed by atoms with van der Waals surface area (Å²) in [5, 5.41) is 6.91. The van der Waals surface area contributed by atoms with E-state index < -0.39 is 0 Å². The van der Waals surface area contributed by atoms with Gasteiger partial charge in [-0.15, -0.1) is 0 Å². The fourth-order valence-corrected chi connectivity index (χ4v) is 4.25.